The lowest BCUT2D eigenvalue weighted by atomic mass is 10.4. The van der Waals surface area contributed by atoms with Gasteiger partial charge in [0.05, 0.1) is 0 Å². The minimum Gasteiger partial charge on any atom is -0.345 e. The van der Waals surface area contributed by atoms with Gasteiger partial charge in [0.25, 0.3) is 0 Å². The first-order valence-corrected chi connectivity index (χ1v) is 17.1. The molecule has 0 atom stereocenters. The molecule has 0 aliphatic heterocycles. The van der Waals surface area contributed by atoms with E-state index in [0.717, 1.165) is 24.9 Å². The Labute approximate surface area is 212 Å². The molecule has 0 saturated carbocycles. The highest BCUT2D eigenvalue weighted by Gasteiger charge is 2.47. The van der Waals surface area contributed by atoms with Crippen LogP contribution < -0.4 is 36.9 Å². The van der Waals surface area contributed by atoms with Crippen molar-refractivity contribution in [2.24, 2.45) is 11.5 Å². The normalized spacial score (nSPS) is 11.9. The van der Waals surface area contributed by atoms with Crippen LogP contribution in [0.4, 0.5) is 0 Å². The van der Waals surface area contributed by atoms with E-state index in [4.69, 9.17) is 11.5 Å². The molecule has 180 valence electrons. The van der Waals surface area contributed by atoms with Gasteiger partial charge in [-0.2, -0.15) is 0 Å². The molecule has 0 spiro atoms. The fourth-order valence-corrected chi connectivity index (χ4v) is 17.9. The molecule has 35 heavy (non-hydrogen) atoms. The third kappa shape index (κ3) is 5.55. The fourth-order valence-electron chi connectivity index (χ4n) is 5.31. The Morgan fingerprint density at radius 2 is 0.686 bits per heavy atom. The summed E-state index contributed by atoms with van der Waals surface area (Å²) in [6.45, 7) is 1.37. The highest BCUT2D eigenvalue weighted by atomic mass is 28.4. The van der Waals surface area contributed by atoms with E-state index in [1.54, 1.807) is 0 Å². The second kappa shape index (κ2) is 12.2. The van der Waals surface area contributed by atoms with Gasteiger partial charge in [-0.25, -0.2) is 0 Å². The van der Waals surface area contributed by atoms with Gasteiger partial charge in [0.2, 0.25) is 0 Å². The van der Waals surface area contributed by atoms with E-state index in [1.165, 1.54) is 20.7 Å². The van der Waals surface area contributed by atoms with Crippen molar-refractivity contribution in [1.29, 1.82) is 0 Å². The molecular weight excluding hydrogens is 459 g/mol. The minimum absolute atomic E-state index is 0.685. The lowest BCUT2D eigenvalue weighted by Crippen LogP contribution is -2.82. The molecule has 4 aromatic rings. The van der Waals surface area contributed by atoms with Gasteiger partial charge in [-0.15, -0.1) is 0 Å². The molecule has 4 aromatic carbocycles. The van der Waals surface area contributed by atoms with Crippen LogP contribution in [0.2, 0.25) is 12.1 Å². The maximum Gasteiger partial charge on any atom is 0.183 e. The molecule has 3 nitrogen and oxygen atoms in total. The molecule has 0 unspecified atom stereocenters. The summed E-state index contributed by atoms with van der Waals surface area (Å²) >= 11 is 0. The summed E-state index contributed by atoms with van der Waals surface area (Å²) in [5, 5.41) is 5.65. The van der Waals surface area contributed by atoms with E-state index in [0.29, 0.717) is 13.1 Å². The number of hydrogen-bond acceptors (Lipinski definition) is 3. The zero-order valence-corrected chi connectivity index (χ0v) is 22.4. The van der Waals surface area contributed by atoms with E-state index >= 15 is 0 Å². The number of benzene rings is 4. The van der Waals surface area contributed by atoms with Crippen molar-refractivity contribution in [1.82, 2.24) is 4.65 Å². The van der Waals surface area contributed by atoms with Crippen molar-refractivity contribution in [3.63, 3.8) is 0 Å². The van der Waals surface area contributed by atoms with Crippen LogP contribution in [0.1, 0.15) is 12.8 Å². The Morgan fingerprint density at radius 3 is 0.914 bits per heavy atom. The molecule has 4 rings (SSSR count). The first-order valence-electron chi connectivity index (χ1n) is 12.7. The molecule has 0 fully saturated rings. The maximum absolute atomic E-state index is 6.15. The largest absolute Gasteiger partial charge is 0.345 e. The maximum atomic E-state index is 6.15. The SMILES string of the molecule is NCCC[Si](N[Si](CCCN)(c1ccccc1)c1ccccc1)(c1ccccc1)c1ccccc1. The molecule has 5 N–H and O–H groups in total. The van der Waals surface area contributed by atoms with Crippen molar-refractivity contribution in [2.75, 3.05) is 13.1 Å². The lowest BCUT2D eigenvalue weighted by molar-refractivity contribution is 0.897. The average Bonchev–Trinajstić information content (AvgIpc) is 2.95. The highest BCUT2D eigenvalue weighted by molar-refractivity contribution is 7.14. The van der Waals surface area contributed by atoms with Crippen LogP contribution in [0.3, 0.4) is 0 Å². The topological polar surface area (TPSA) is 64.1 Å². The zero-order valence-electron chi connectivity index (χ0n) is 20.4. The molecule has 0 bridgehead atoms. The first-order chi connectivity index (χ1) is 17.2. The van der Waals surface area contributed by atoms with Gasteiger partial charge >= 0.3 is 0 Å². The summed E-state index contributed by atoms with van der Waals surface area (Å²) < 4.78 is 4.58. The quantitative estimate of drug-likeness (QED) is 0.265. The van der Waals surface area contributed by atoms with Crippen LogP contribution in [-0.2, 0) is 0 Å². The van der Waals surface area contributed by atoms with Gasteiger partial charge in [-0.3, -0.25) is 0 Å². The monoisotopic (exact) mass is 495 g/mol. The van der Waals surface area contributed by atoms with Crippen LogP contribution in [0.15, 0.2) is 121 Å². The summed E-state index contributed by atoms with van der Waals surface area (Å²) in [6.07, 6.45) is 1.96. The van der Waals surface area contributed by atoms with Crippen LogP contribution in [0.5, 0.6) is 0 Å². The highest BCUT2D eigenvalue weighted by Crippen LogP contribution is 2.19. The third-order valence-corrected chi connectivity index (χ3v) is 17.9. The first kappa shape index (κ1) is 25.3. The van der Waals surface area contributed by atoms with Crippen LogP contribution in [0, 0.1) is 0 Å². The molecule has 0 saturated heterocycles. The Hall–Kier alpha value is -2.81. The van der Waals surface area contributed by atoms with E-state index in [2.05, 4.69) is 126 Å². The fraction of sp³-hybridized carbons (Fsp3) is 0.200. The molecule has 5 heteroatoms. The number of nitrogens with two attached hydrogens (primary N) is 2. The molecule has 0 aliphatic carbocycles. The van der Waals surface area contributed by atoms with Gasteiger partial charge in [-0.1, -0.05) is 121 Å². The van der Waals surface area contributed by atoms with Crippen molar-refractivity contribution in [2.45, 2.75) is 24.9 Å². The van der Waals surface area contributed by atoms with Crippen molar-refractivity contribution < 1.29 is 0 Å². The van der Waals surface area contributed by atoms with Crippen LogP contribution in [-0.4, -0.2) is 29.6 Å². The van der Waals surface area contributed by atoms with E-state index < -0.39 is 16.5 Å². The average molecular weight is 496 g/mol. The summed E-state index contributed by atoms with van der Waals surface area (Å²) in [7, 11) is -4.86. The van der Waals surface area contributed by atoms with Gasteiger partial charge in [0.15, 0.2) is 16.5 Å². The summed E-state index contributed by atoms with van der Waals surface area (Å²) in [5.74, 6) is 0. The molecule has 0 aromatic heterocycles. The van der Waals surface area contributed by atoms with E-state index in [-0.39, 0.29) is 0 Å². The van der Waals surface area contributed by atoms with Crippen molar-refractivity contribution in [3.8, 4) is 0 Å². The number of nitrogens with one attached hydrogen (secondary N) is 1. The van der Waals surface area contributed by atoms with Gasteiger partial charge in [0.1, 0.15) is 0 Å². The molecular formula is C30H37N3Si2. The second-order valence-electron chi connectivity index (χ2n) is 9.18. The molecule has 0 heterocycles. The van der Waals surface area contributed by atoms with E-state index in [1.807, 2.05) is 0 Å². The van der Waals surface area contributed by atoms with E-state index in [9.17, 15) is 0 Å². The van der Waals surface area contributed by atoms with Gasteiger partial charge < -0.3 is 16.1 Å². The Kier molecular flexibility index (Phi) is 8.85. The predicted molar refractivity (Wildman–Crippen MR) is 156 cm³/mol. The Morgan fingerprint density at radius 1 is 0.429 bits per heavy atom. The number of hydrogen-bond donors (Lipinski definition) is 3. The summed E-state index contributed by atoms with van der Waals surface area (Å²) in [6, 6.07) is 46.6. The van der Waals surface area contributed by atoms with Crippen molar-refractivity contribution in [3.05, 3.63) is 121 Å². The Bertz CT molecular complexity index is 967. The second-order valence-corrected chi connectivity index (χ2v) is 17.1. The smallest absolute Gasteiger partial charge is 0.183 e. The number of rotatable bonds is 12. The van der Waals surface area contributed by atoms with Gasteiger partial charge in [-0.05, 0) is 58.8 Å². The standard InChI is InChI=1S/C30H37N3Si2/c31-23-13-25-34(27-15-5-1-6-16-27,28-17-7-2-8-18-28)33-35(26-14-24-32,29-19-9-3-10-20-29)30-21-11-4-12-22-30/h1-12,15-22,33H,13-14,23-26,31-32H2. The molecule has 0 amide bonds. The predicted octanol–water partition coefficient (Wildman–Crippen LogP) is 2.79. The van der Waals surface area contributed by atoms with Crippen molar-refractivity contribution >= 4 is 37.2 Å². The molecule has 0 aliphatic rings. The minimum atomic E-state index is -2.43. The van der Waals surface area contributed by atoms with Gasteiger partial charge in [0, 0.05) is 0 Å². The molecule has 0 radical (unpaired) electrons. The summed E-state index contributed by atoms with van der Waals surface area (Å²) in [5.41, 5.74) is 12.3. The Balaban J connectivity index is 2.01. The van der Waals surface area contributed by atoms with Crippen LogP contribution in [0.25, 0.3) is 0 Å². The van der Waals surface area contributed by atoms with Crippen LogP contribution >= 0.6 is 0 Å². The lowest BCUT2D eigenvalue weighted by Gasteiger charge is -2.44. The third-order valence-electron chi connectivity index (χ3n) is 7.00. The summed E-state index contributed by atoms with van der Waals surface area (Å²) in [4.78, 5) is 0. The zero-order chi connectivity index (χ0) is 24.4.